The fourth-order valence-electron chi connectivity index (χ4n) is 2.78. The van der Waals surface area contributed by atoms with Crippen LogP contribution in [0.15, 0.2) is 29.2 Å². The Balaban J connectivity index is 1.72. The number of hydrogen-bond donors (Lipinski definition) is 2. The number of benzene rings is 1. The van der Waals surface area contributed by atoms with Crippen molar-refractivity contribution in [1.82, 2.24) is 0 Å². The fraction of sp³-hybridized carbons (Fsp3) is 0.316. The number of hydrogen-bond acceptors (Lipinski definition) is 6. The zero-order valence-electron chi connectivity index (χ0n) is 15.9. The number of amides is 2. The Morgan fingerprint density at radius 2 is 2.00 bits per heavy atom. The molecule has 160 valence electrons. The summed E-state index contributed by atoms with van der Waals surface area (Å²) in [6, 6.07) is 4.72. The zero-order valence-corrected chi connectivity index (χ0v) is 17.5. The summed E-state index contributed by atoms with van der Waals surface area (Å²) >= 11 is 2.26. The minimum atomic E-state index is -4.52. The number of fused-ring (bicyclic) bond motifs is 1. The molecule has 0 aliphatic carbocycles. The molecule has 1 aliphatic rings. The molecule has 0 unspecified atom stereocenters. The van der Waals surface area contributed by atoms with E-state index in [2.05, 4.69) is 10.6 Å². The number of aryl methyl sites for hydroxylation is 1. The normalized spacial score (nSPS) is 15.9. The van der Waals surface area contributed by atoms with Crippen LogP contribution in [0, 0.1) is 0 Å². The third kappa shape index (κ3) is 4.78. The van der Waals surface area contributed by atoms with Gasteiger partial charge in [0.1, 0.15) is 5.00 Å². The van der Waals surface area contributed by atoms with E-state index in [0.29, 0.717) is 16.3 Å². The Morgan fingerprint density at radius 1 is 1.27 bits per heavy atom. The highest BCUT2D eigenvalue weighted by atomic mass is 32.2. The number of esters is 1. The minimum Gasteiger partial charge on any atom is -0.465 e. The lowest BCUT2D eigenvalue weighted by Crippen LogP contribution is -2.32. The first-order chi connectivity index (χ1) is 14.1. The summed E-state index contributed by atoms with van der Waals surface area (Å²) < 4.78 is 43.3. The molecule has 0 saturated carbocycles. The van der Waals surface area contributed by atoms with Crippen LogP contribution in [0.4, 0.5) is 23.9 Å². The molecule has 6 nitrogen and oxygen atoms in total. The molecule has 1 atom stereocenters. The van der Waals surface area contributed by atoms with E-state index in [0.717, 1.165) is 28.8 Å². The molecule has 2 heterocycles. The van der Waals surface area contributed by atoms with Gasteiger partial charge in [0.05, 0.1) is 29.2 Å². The number of methoxy groups -OCH3 is 1. The predicted molar refractivity (Wildman–Crippen MR) is 108 cm³/mol. The number of carbonyl (C=O) groups is 3. The molecule has 1 aromatic heterocycles. The minimum absolute atomic E-state index is 0.0651. The molecule has 0 spiro atoms. The first-order valence-electron chi connectivity index (χ1n) is 8.82. The van der Waals surface area contributed by atoms with Gasteiger partial charge in [-0.1, -0.05) is 6.92 Å². The maximum Gasteiger partial charge on any atom is 0.416 e. The van der Waals surface area contributed by atoms with Crippen molar-refractivity contribution in [3.63, 3.8) is 0 Å². The van der Waals surface area contributed by atoms with E-state index in [1.807, 2.05) is 6.92 Å². The molecule has 0 radical (unpaired) electrons. The van der Waals surface area contributed by atoms with Gasteiger partial charge in [-0.25, -0.2) is 4.79 Å². The first-order valence-corrected chi connectivity index (χ1v) is 10.5. The molecule has 2 N–H and O–H groups in total. The van der Waals surface area contributed by atoms with Crippen LogP contribution in [0.5, 0.6) is 0 Å². The van der Waals surface area contributed by atoms with Gasteiger partial charge >= 0.3 is 12.1 Å². The standard InChI is InChI=1S/C19H17F3N2O4S2/c1-3-10-7-11(18(27)28-2)17(29-10)24-15(25)8-14-16(26)23-12-6-9(19(20,21)22)4-5-13(12)30-14/h4-7,14H,3,8H2,1-2H3,(H,23,26)(H,24,25)/t14-/m1/s1. The Kier molecular flexibility index (Phi) is 6.41. The largest absolute Gasteiger partial charge is 0.465 e. The molecule has 2 aromatic rings. The van der Waals surface area contributed by atoms with Crippen molar-refractivity contribution < 1.29 is 32.3 Å². The Labute approximate surface area is 178 Å². The summed E-state index contributed by atoms with van der Waals surface area (Å²) in [6.07, 6.45) is -4.06. The maximum atomic E-state index is 12.8. The van der Waals surface area contributed by atoms with Gasteiger partial charge in [-0.05, 0) is 30.7 Å². The smallest absolute Gasteiger partial charge is 0.416 e. The SMILES string of the molecule is CCc1cc(C(=O)OC)c(NC(=O)C[C@H]2Sc3ccc(C(F)(F)F)cc3NC2=O)s1. The molecule has 1 aromatic carbocycles. The number of ether oxygens (including phenoxy) is 1. The van der Waals surface area contributed by atoms with Gasteiger partial charge in [-0.3, -0.25) is 9.59 Å². The summed E-state index contributed by atoms with van der Waals surface area (Å²) in [7, 11) is 1.24. The average molecular weight is 458 g/mol. The molecule has 0 saturated heterocycles. The van der Waals surface area contributed by atoms with Crippen molar-refractivity contribution >= 4 is 51.6 Å². The second kappa shape index (κ2) is 8.68. The molecule has 0 fully saturated rings. The van der Waals surface area contributed by atoms with Crippen molar-refractivity contribution in [2.75, 3.05) is 17.7 Å². The van der Waals surface area contributed by atoms with Crippen LogP contribution < -0.4 is 10.6 Å². The third-order valence-electron chi connectivity index (χ3n) is 4.29. The summed E-state index contributed by atoms with van der Waals surface area (Å²) in [5.74, 6) is -1.64. The van der Waals surface area contributed by atoms with Gasteiger partial charge < -0.3 is 15.4 Å². The Morgan fingerprint density at radius 3 is 2.63 bits per heavy atom. The van der Waals surface area contributed by atoms with Crippen molar-refractivity contribution in [2.45, 2.75) is 36.1 Å². The molecule has 30 heavy (non-hydrogen) atoms. The zero-order chi connectivity index (χ0) is 22.1. The van der Waals surface area contributed by atoms with Crippen molar-refractivity contribution in [3.05, 3.63) is 40.3 Å². The number of anilines is 2. The van der Waals surface area contributed by atoms with Crippen LogP contribution in [0.3, 0.4) is 0 Å². The Hall–Kier alpha value is -2.53. The lowest BCUT2D eigenvalue weighted by Gasteiger charge is -2.24. The highest BCUT2D eigenvalue weighted by Gasteiger charge is 2.34. The lowest BCUT2D eigenvalue weighted by molar-refractivity contribution is -0.137. The van der Waals surface area contributed by atoms with E-state index in [9.17, 15) is 27.6 Å². The lowest BCUT2D eigenvalue weighted by atomic mass is 10.1. The van der Waals surface area contributed by atoms with Gasteiger partial charge in [0.2, 0.25) is 11.8 Å². The van der Waals surface area contributed by atoms with Crippen LogP contribution in [0.25, 0.3) is 0 Å². The third-order valence-corrected chi connectivity index (χ3v) is 6.76. The summed E-state index contributed by atoms with van der Waals surface area (Å²) in [5.41, 5.74) is -0.563. The van der Waals surface area contributed by atoms with Gasteiger partial charge in [-0.2, -0.15) is 13.2 Å². The van der Waals surface area contributed by atoms with Gasteiger partial charge in [-0.15, -0.1) is 23.1 Å². The summed E-state index contributed by atoms with van der Waals surface area (Å²) in [4.78, 5) is 38.0. The van der Waals surface area contributed by atoms with E-state index < -0.39 is 34.8 Å². The van der Waals surface area contributed by atoms with E-state index >= 15 is 0 Å². The van der Waals surface area contributed by atoms with Gasteiger partial charge in [0.15, 0.2) is 0 Å². The highest BCUT2D eigenvalue weighted by Crippen LogP contribution is 2.40. The number of nitrogens with one attached hydrogen (secondary N) is 2. The van der Waals surface area contributed by atoms with Crippen LogP contribution in [0.2, 0.25) is 0 Å². The molecule has 3 rings (SSSR count). The summed E-state index contributed by atoms with van der Waals surface area (Å²) in [6.45, 7) is 1.91. The molecular formula is C19H17F3N2O4S2. The number of rotatable bonds is 5. The van der Waals surface area contributed by atoms with Crippen LogP contribution in [0.1, 0.15) is 34.1 Å². The quantitative estimate of drug-likeness (QED) is 0.642. The number of thiophene rings is 1. The number of thioether (sulfide) groups is 1. The number of alkyl halides is 3. The van der Waals surface area contributed by atoms with Crippen molar-refractivity contribution in [3.8, 4) is 0 Å². The Bertz CT molecular complexity index is 1000. The first kappa shape index (κ1) is 22.2. The van der Waals surface area contributed by atoms with E-state index in [1.54, 1.807) is 6.07 Å². The van der Waals surface area contributed by atoms with E-state index in [1.165, 1.54) is 24.5 Å². The fourth-order valence-corrected chi connectivity index (χ4v) is 4.87. The predicted octanol–water partition coefficient (Wildman–Crippen LogP) is 4.56. The van der Waals surface area contributed by atoms with Crippen molar-refractivity contribution in [2.24, 2.45) is 0 Å². The number of halogens is 3. The summed E-state index contributed by atoms with van der Waals surface area (Å²) in [5, 5.41) is 4.59. The average Bonchev–Trinajstić information content (AvgIpc) is 3.09. The molecule has 1 aliphatic heterocycles. The monoisotopic (exact) mass is 458 g/mol. The second-order valence-corrected chi connectivity index (χ2v) is 8.74. The highest BCUT2D eigenvalue weighted by molar-refractivity contribution is 8.01. The molecular weight excluding hydrogens is 441 g/mol. The van der Waals surface area contributed by atoms with Gasteiger partial charge in [0.25, 0.3) is 0 Å². The second-order valence-electron chi connectivity index (χ2n) is 6.36. The van der Waals surface area contributed by atoms with Crippen LogP contribution in [-0.2, 0) is 26.9 Å². The van der Waals surface area contributed by atoms with E-state index in [-0.39, 0.29) is 17.7 Å². The van der Waals surface area contributed by atoms with Crippen molar-refractivity contribution in [1.29, 1.82) is 0 Å². The van der Waals surface area contributed by atoms with Crippen LogP contribution >= 0.6 is 23.1 Å². The molecule has 11 heteroatoms. The van der Waals surface area contributed by atoms with E-state index in [4.69, 9.17) is 4.74 Å². The molecule has 2 amide bonds. The van der Waals surface area contributed by atoms with Gasteiger partial charge in [0, 0.05) is 16.2 Å². The topological polar surface area (TPSA) is 84.5 Å². The molecule has 0 bridgehead atoms. The number of carbonyl (C=O) groups excluding carboxylic acids is 3. The van der Waals surface area contributed by atoms with Crippen LogP contribution in [-0.4, -0.2) is 30.1 Å². The maximum absolute atomic E-state index is 12.8.